The molecule has 0 N–H and O–H groups in total. The first-order valence-electron chi connectivity index (χ1n) is 11.4. The fraction of sp³-hybridized carbons (Fsp3) is 0.400. The van der Waals surface area contributed by atoms with Gasteiger partial charge in [0.05, 0.1) is 11.3 Å². The number of pyridine rings is 1. The van der Waals surface area contributed by atoms with Crippen molar-refractivity contribution in [3.05, 3.63) is 75.9 Å². The number of nitrogens with zero attached hydrogens (tertiary/aromatic N) is 5. The lowest BCUT2D eigenvalue weighted by Gasteiger charge is -2.36. The molecule has 34 heavy (non-hydrogen) atoms. The number of fused-ring (bicyclic) bond motifs is 1. The van der Waals surface area contributed by atoms with Gasteiger partial charge < -0.3 is 9.80 Å². The van der Waals surface area contributed by atoms with Crippen LogP contribution >= 0.6 is 0 Å². The van der Waals surface area contributed by atoms with Crippen molar-refractivity contribution in [1.29, 1.82) is 0 Å². The lowest BCUT2D eigenvalue weighted by Crippen LogP contribution is -2.47. The van der Waals surface area contributed by atoms with Crippen LogP contribution in [0, 0.1) is 12.7 Å². The van der Waals surface area contributed by atoms with Crippen molar-refractivity contribution in [2.45, 2.75) is 38.8 Å². The Morgan fingerprint density at radius 2 is 1.65 bits per heavy atom. The molecule has 0 saturated carbocycles. The van der Waals surface area contributed by atoms with Crippen LogP contribution in [0.3, 0.4) is 0 Å². The Labute approximate surface area is 195 Å². The van der Waals surface area contributed by atoms with E-state index in [1.807, 2.05) is 17.9 Å². The first kappa shape index (κ1) is 22.6. The summed E-state index contributed by atoms with van der Waals surface area (Å²) in [5.41, 5.74) is 4.67. The molecule has 0 atom stereocenters. The number of piperazine rings is 1. The van der Waals surface area contributed by atoms with Crippen molar-refractivity contribution < 1.29 is 17.6 Å². The predicted octanol–water partition coefficient (Wildman–Crippen LogP) is 4.74. The second-order valence-electron chi connectivity index (χ2n) is 8.91. The summed E-state index contributed by atoms with van der Waals surface area (Å²) < 4.78 is 51.9. The van der Waals surface area contributed by atoms with E-state index in [4.69, 9.17) is 0 Å². The van der Waals surface area contributed by atoms with Crippen molar-refractivity contribution >= 4 is 11.6 Å². The standard InChI is InChI=1S/C25H25F4N5/c1-16-13-19(26)7-5-17(16)14-22-20-3-2-4-21(20)24(32-31-22)34-11-9-33(10-12-34)23-8-6-18(15-30-23)25(27,28)29/h5-8,13,15H,2-4,9-12,14H2,1H3. The van der Waals surface area contributed by atoms with Crippen LogP contribution in [0.25, 0.3) is 0 Å². The summed E-state index contributed by atoms with van der Waals surface area (Å²) in [5, 5.41) is 9.17. The summed E-state index contributed by atoms with van der Waals surface area (Å²) in [6, 6.07) is 7.35. The summed E-state index contributed by atoms with van der Waals surface area (Å²) in [5.74, 6) is 1.22. The van der Waals surface area contributed by atoms with E-state index in [1.54, 1.807) is 6.07 Å². The second-order valence-corrected chi connectivity index (χ2v) is 8.91. The third-order valence-corrected chi connectivity index (χ3v) is 6.74. The largest absolute Gasteiger partial charge is 0.417 e. The van der Waals surface area contributed by atoms with Gasteiger partial charge in [-0.2, -0.15) is 18.3 Å². The maximum absolute atomic E-state index is 13.5. The van der Waals surface area contributed by atoms with Crippen molar-refractivity contribution in [3.63, 3.8) is 0 Å². The van der Waals surface area contributed by atoms with Crippen molar-refractivity contribution in [1.82, 2.24) is 15.2 Å². The number of aryl methyl sites for hydroxylation is 1. The van der Waals surface area contributed by atoms with E-state index in [1.165, 1.54) is 23.3 Å². The summed E-state index contributed by atoms with van der Waals surface area (Å²) >= 11 is 0. The first-order valence-corrected chi connectivity index (χ1v) is 11.4. The zero-order valence-electron chi connectivity index (χ0n) is 18.9. The Morgan fingerprint density at radius 3 is 2.32 bits per heavy atom. The van der Waals surface area contributed by atoms with E-state index in [0.717, 1.165) is 54.2 Å². The van der Waals surface area contributed by atoms with Gasteiger partial charge in [-0.25, -0.2) is 9.37 Å². The number of aromatic nitrogens is 3. The highest BCUT2D eigenvalue weighted by atomic mass is 19.4. The SMILES string of the molecule is Cc1cc(F)ccc1Cc1nnc(N2CCN(c3ccc(C(F)(F)F)cn3)CC2)c2c1CCC2. The average Bonchev–Trinajstić information content (AvgIpc) is 3.31. The molecule has 0 radical (unpaired) electrons. The molecule has 0 bridgehead atoms. The van der Waals surface area contributed by atoms with Crippen LogP contribution in [-0.2, 0) is 25.4 Å². The zero-order chi connectivity index (χ0) is 23.9. The van der Waals surface area contributed by atoms with Crippen molar-refractivity contribution in [2.24, 2.45) is 0 Å². The molecule has 0 spiro atoms. The van der Waals surface area contributed by atoms with E-state index < -0.39 is 11.7 Å². The van der Waals surface area contributed by atoms with Gasteiger partial charge in [0.15, 0.2) is 5.82 Å². The average molecular weight is 472 g/mol. The highest BCUT2D eigenvalue weighted by Crippen LogP contribution is 2.33. The number of anilines is 2. The summed E-state index contributed by atoms with van der Waals surface area (Å²) in [4.78, 5) is 8.23. The molecule has 5 rings (SSSR count). The van der Waals surface area contributed by atoms with Crippen LogP contribution in [0.15, 0.2) is 36.5 Å². The molecule has 5 nitrogen and oxygen atoms in total. The minimum atomic E-state index is -4.38. The van der Waals surface area contributed by atoms with Crippen molar-refractivity contribution in [2.75, 3.05) is 36.0 Å². The van der Waals surface area contributed by atoms with Gasteiger partial charge in [0.2, 0.25) is 0 Å². The molecule has 1 aliphatic heterocycles. The zero-order valence-corrected chi connectivity index (χ0v) is 18.9. The summed E-state index contributed by atoms with van der Waals surface area (Å²) in [7, 11) is 0. The number of hydrogen-bond donors (Lipinski definition) is 0. The van der Waals surface area contributed by atoms with Gasteiger partial charge in [0, 0.05) is 44.4 Å². The molecule has 3 aromatic rings. The van der Waals surface area contributed by atoms with Crippen LogP contribution in [0.5, 0.6) is 0 Å². The van der Waals surface area contributed by atoms with Crippen LogP contribution in [-0.4, -0.2) is 41.4 Å². The van der Waals surface area contributed by atoms with Gasteiger partial charge in [0.1, 0.15) is 11.6 Å². The molecule has 2 aliphatic rings. The number of rotatable bonds is 4. The highest BCUT2D eigenvalue weighted by molar-refractivity contribution is 5.55. The molecular weight excluding hydrogens is 446 g/mol. The Hall–Kier alpha value is -3.23. The number of hydrogen-bond acceptors (Lipinski definition) is 5. The molecule has 2 aromatic heterocycles. The Bertz CT molecular complexity index is 1190. The van der Waals surface area contributed by atoms with Gasteiger partial charge in [-0.1, -0.05) is 6.07 Å². The van der Waals surface area contributed by atoms with Gasteiger partial charge in [-0.3, -0.25) is 0 Å². The van der Waals surface area contributed by atoms with E-state index in [-0.39, 0.29) is 5.82 Å². The van der Waals surface area contributed by atoms with Crippen molar-refractivity contribution in [3.8, 4) is 0 Å². The lowest BCUT2D eigenvalue weighted by molar-refractivity contribution is -0.137. The van der Waals surface area contributed by atoms with Crippen LogP contribution < -0.4 is 9.80 Å². The third kappa shape index (κ3) is 4.43. The molecule has 0 amide bonds. The molecule has 1 aromatic carbocycles. The van der Waals surface area contributed by atoms with E-state index in [0.29, 0.717) is 38.4 Å². The van der Waals surface area contributed by atoms with Gasteiger partial charge in [0.25, 0.3) is 0 Å². The maximum Gasteiger partial charge on any atom is 0.417 e. The maximum atomic E-state index is 13.5. The Balaban J connectivity index is 1.30. The van der Waals surface area contributed by atoms with Gasteiger partial charge >= 0.3 is 6.18 Å². The van der Waals surface area contributed by atoms with E-state index in [2.05, 4.69) is 20.1 Å². The molecule has 9 heteroatoms. The second kappa shape index (κ2) is 8.85. The minimum absolute atomic E-state index is 0.237. The van der Waals surface area contributed by atoms with Crippen LogP contribution in [0.4, 0.5) is 29.2 Å². The summed E-state index contributed by atoms with van der Waals surface area (Å²) in [6.07, 6.45) is 0.112. The number of halogens is 4. The van der Waals surface area contributed by atoms with Crippen LogP contribution in [0.2, 0.25) is 0 Å². The summed E-state index contributed by atoms with van der Waals surface area (Å²) in [6.45, 7) is 4.59. The smallest absolute Gasteiger partial charge is 0.353 e. The number of benzene rings is 1. The monoisotopic (exact) mass is 471 g/mol. The normalized spacial score (nSPS) is 16.1. The number of alkyl halides is 3. The minimum Gasteiger partial charge on any atom is -0.353 e. The quantitative estimate of drug-likeness (QED) is 0.514. The third-order valence-electron chi connectivity index (χ3n) is 6.74. The van der Waals surface area contributed by atoms with E-state index >= 15 is 0 Å². The fourth-order valence-corrected chi connectivity index (χ4v) is 4.86. The highest BCUT2D eigenvalue weighted by Gasteiger charge is 2.31. The van der Waals surface area contributed by atoms with Crippen LogP contribution in [0.1, 0.15) is 39.9 Å². The predicted molar refractivity (Wildman–Crippen MR) is 122 cm³/mol. The topological polar surface area (TPSA) is 45.2 Å². The lowest BCUT2D eigenvalue weighted by atomic mass is 9.99. The van der Waals surface area contributed by atoms with Gasteiger partial charge in [-0.15, -0.1) is 5.10 Å². The molecule has 1 fully saturated rings. The Kier molecular flexibility index (Phi) is 5.87. The van der Waals surface area contributed by atoms with Gasteiger partial charge in [-0.05, 0) is 67.1 Å². The Morgan fingerprint density at radius 1 is 0.912 bits per heavy atom. The molecule has 1 aliphatic carbocycles. The molecule has 178 valence electrons. The molecule has 0 unspecified atom stereocenters. The molecular formula is C25H25F4N5. The fourth-order valence-electron chi connectivity index (χ4n) is 4.86. The van der Waals surface area contributed by atoms with E-state index in [9.17, 15) is 17.6 Å². The first-order chi connectivity index (χ1) is 16.3. The molecule has 1 saturated heterocycles. The molecule has 3 heterocycles.